The lowest BCUT2D eigenvalue weighted by Crippen LogP contribution is -2.50. The molecule has 1 heterocycles. The van der Waals surface area contributed by atoms with E-state index in [1.807, 2.05) is 12.1 Å². The van der Waals surface area contributed by atoms with Crippen LogP contribution in [0, 0.1) is 0 Å². The molecule has 0 aliphatic carbocycles. The molecule has 1 fully saturated rings. The predicted octanol–water partition coefficient (Wildman–Crippen LogP) is 1.77. The topological polar surface area (TPSA) is 42.0 Å². The second-order valence-corrected chi connectivity index (χ2v) is 5.35. The Balaban J connectivity index is 1.89. The molecule has 1 aromatic carbocycles. The number of hydrogen-bond donors (Lipinski definition) is 0. The summed E-state index contributed by atoms with van der Waals surface area (Å²) < 4.78 is 10.0. The van der Waals surface area contributed by atoms with Crippen LogP contribution >= 0.6 is 0 Å². The quantitative estimate of drug-likeness (QED) is 0.774. The predicted molar refractivity (Wildman–Crippen MR) is 82.9 cm³/mol. The minimum Gasteiger partial charge on any atom is -0.497 e. The third-order valence-electron chi connectivity index (χ3n) is 4.05. The van der Waals surface area contributed by atoms with Crippen molar-refractivity contribution in [3.05, 3.63) is 24.3 Å². The smallest absolute Gasteiger partial charge is 0.307 e. The van der Waals surface area contributed by atoms with E-state index in [1.54, 1.807) is 7.11 Å². The second-order valence-electron chi connectivity index (χ2n) is 5.35. The summed E-state index contributed by atoms with van der Waals surface area (Å²) in [7, 11) is 3.13. The lowest BCUT2D eigenvalue weighted by atomic mass is 10.1. The van der Waals surface area contributed by atoms with Crippen molar-refractivity contribution in [2.75, 3.05) is 45.3 Å². The Morgan fingerprint density at radius 1 is 1.24 bits per heavy atom. The van der Waals surface area contributed by atoms with Crippen LogP contribution in [0.25, 0.3) is 0 Å². The fourth-order valence-corrected chi connectivity index (χ4v) is 2.68. The average molecular weight is 292 g/mol. The molecule has 0 spiro atoms. The first kappa shape index (κ1) is 15.6. The van der Waals surface area contributed by atoms with Gasteiger partial charge in [0.15, 0.2) is 0 Å². The van der Waals surface area contributed by atoms with Crippen molar-refractivity contribution in [3.8, 4) is 5.75 Å². The third-order valence-corrected chi connectivity index (χ3v) is 4.05. The van der Waals surface area contributed by atoms with Crippen molar-refractivity contribution in [1.82, 2.24) is 4.90 Å². The number of esters is 1. The average Bonchev–Trinajstić information content (AvgIpc) is 2.54. The van der Waals surface area contributed by atoms with Gasteiger partial charge in [-0.3, -0.25) is 9.69 Å². The van der Waals surface area contributed by atoms with Crippen LogP contribution in [0.1, 0.15) is 13.3 Å². The van der Waals surface area contributed by atoms with Crippen molar-refractivity contribution in [3.63, 3.8) is 0 Å². The number of rotatable bonds is 5. The van der Waals surface area contributed by atoms with E-state index >= 15 is 0 Å². The van der Waals surface area contributed by atoms with E-state index in [0.29, 0.717) is 6.42 Å². The number of anilines is 1. The molecule has 1 aliphatic rings. The Labute approximate surface area is 126 Å². The van der Waals surface area contributed by atoms with Crippen LogP contribution in [0.2, 0.25) is 0 Å². The van der Waals surface area contributed by atoms with E-state index in [1.165, 1.54) is 12.8 Å². The summed E-state index contributed by atoms with van der Waals surface area (Å²) in [5.74, 6) is 0.742. The molecular formula is C16H24N2O3. The van der Waals surface area contributed by atoms with E-state index in [9.17, 15) is 4.79 Å². The van der Waals surface area contributed by atoms with E-state index in [-0.39, 0.29) is 12.0 Å². The summed E-state index contributed by atoms with van der Waals surface area (Å²) in [6, 6.07) is 8.37. The SMILES string of the molecule is COC(=O)CC(C)N1CCN(c2cccc(OC)c2)CC1. The van der Waals surface area contributed by atoms with Gasteiger partial charge in [-0.15, -0.1) is 0 Å². The Morgan fingerprint density at radius 3 is 2.57 bits per heavy atom. The Morgan fingerprint density at radius 2 is 1.95 bits per heavy atom. The number of methoxy groups -OCH3 is 2. The van der Waals surface area contributed by atoms with Crippen LogP contribution in [0.5, 0.6) is 5.75 Å². The van der Waals surface area contributed by atoms with Crippen LogP contribution in [0.3, 0.4) is 0 Å². The van der Waals surface area contributed by atoms with Gasteiger partial charge in [0, 0.05) is 44.0 Å². The van der Waals surface area contributed by atoms with Gasteiger partial charge in [0.2, 0.25) is 0 Å². The minimum atomic E-state index is -0.141. The zero-order chi connectivity index (χ0) is 15.2. The molecule has 1 atom stereocenters. The molecule has 1 aromatic rings. The highest BCUT2D eigenvalue weighted by Crippen LogP contribution is 2.22. The minimum absolute atomic E-state index is 0.141. The molecule has 0 aromatic heterocycles. The molecular weight excluding hydrogens is 268 g/mol. The Kier molecular flexibility index (Phi) is 5.44. The zero-order valence-electron chi connectivity index (χ0n) is 13.0. The molecule has 0 N–H and O–H groups in total. The van der Waals surface area contributed by atoms with Gasteiger partial charge in [-0.2, -0.15) is 0 Å². The molecule has 2 rings (SSSR count). The summed E-state index contributed by atoms with van der Waals surface area (Å²) in [5.41, 5.74) is 1.19. The highest BCUT2D eigenvalue weighted by molar-refractivity contribution is 5.69. The van der Waals surface area contributed by atoms with Crippen LogP contribution < -0.4 is 9.64 Å². The number of nitrogens with zero attached hydrogens (tertiary/aromatic N) is 2. The van der Waals surface area contributed by atoms with Crippen LogP contribution in [-0.2, 0) is 9.53 Å². The van der Waals surface area contributed by atoms with Gasteiger partial charge in [0.25, 0.3) is 0 Å². The molecule has 0 amide bonds. The van der Waals surface area contributed by atoms with E-state index in [4.69, 9.17) is 9.47 Å². The van der Waals surface area contributed by atoms with Crippen molar-refractivity contribution in [1.29, 1.82) is 0 Å². The lowest BCUT2D eigenvalue weighted by Gasteiger charge is -2.39. The largest absolute Gasteiger partial charge is 0.497 e. The number of piperazine rings is 1. The number of hydrogen-bond acceptors (Lipinski definition) is 5. The number of benzene rings is 1. The van der Waals surface area contributed by atoms with E-state index in [2.05, 4.69) is 28.9 Å². The van der Waals surface area contributed by atoms with E-state index < -0.39 is 0 Å². The van der Waals surface area contributed by atoms with Gasteiger partial charge in [-0.25, -0.2) is 0 Å². The molecule has 21 heavy (non-hydrogen) atoms. The lowest BCUT2D eigenvalue weighted by molar-refractivity contribution is -0.141. The van der Waals surface area contributed by atoms with Gasteiger partial charge >= 0.3 is 5.97 Å². The fourth-order valence-electron chi connectivity index (χ4n) is 2.68. The van der Waals surface area contributed by atoms with Gasteiger partial charge in [0.1, 0.15) is 5.75 Å². The van der Waals surface area contributed by atoms with Gasteiger partial charge < -0.3 is 14.4 Å². The molecule has 0 radical (unpaired) electrons. The first-order valence-electron chi connectivity index (χ1n) is 7.34. The maximum atomic E-state index is 11.3. The van der Waals surface area contributed by atoms with Gasteiger partial charge in [-0.1, -0.05) is 6.07 Å². The molecule has 1 aliphatic heterocycles. The third kappa shape index (κ3) is 4.11. The number of ether oxygens (including phenoxy) is 2. The molecule has 116 valence electrons. The van der Waals surface area contributed by atoms with Gasteiger partial charge in [0.05, 0.1) is 20.6 Å². The highest BCUT2D eigenvalue weighted by atomic mass is 16.5. The van der Waals surface area contributed by atoms with Gasteiger partial charge in [-0.05, 0) is 19.1 Å². The molecule has 1 saturated heterocycles. The molecule has 5 nitrogen and oxygen atoms in total. The maximum absolute atomic E-state index is 11.3. The highest BCUT2D eigenvalue weighted by Gasteiger charge is 2.23. The zero-order valence-corrected chi connectivity index (χ0v) is 13.0. The first-order chi connectivity index (χ1) is 10.1. The van der Waals surface area contributed by atoms with Crippen molar-refractivity contribution < 1.29 is 14.3 Å². The van der Waals surface area contributed by atoms with Crippen molar-refractivity contribution in [2.24, 2.45) is 0 Å². The van der Waals surface area contributed by atoms with E-state index in [0.717, 1.165) is 31.9 Å². The van der Waals surface area contributed by atoms with Crippen LogP contribution in [0.15, 0.2) is 24.3 Å². The fraction of sp³-hybridized carbons (Fsp3) is 0.562. The summed E-state index contributed by atoms with van der Waals surface area (Å²) in [6.45, 7) is 5.90. The van der Waals surface area contributed by atoms with Crippen molar-refractivity contribution >= 4 is 11.7 Å². The molecule has 0 bridgehead atoms. The van der Waals surface area contributed by atoms with Crippen LogP contribution in [-0.4, -0.2) is 57.3 Å². The Bertz CT molecular complexity index is 470. The molecule has 5 heteroatoms. The first-order valence-corrected chi connectivity index (χ1v) is 7.34. The maximum Gasteiger partial charge on any atom is 0.307 e. The Hall–Kier alpha value is -1.75. The number of carbonyl (C=O) groups excluding carboxylic acids is 1. The second kappa shape index (κ2) is 7.31. The summed E-state index contributed by atoms with van der Waals surface area (Å²) in [4.78, 5) is 16.0. The monoisotopic (exact) mass is 292 g/mol. The normalized spacial score (nSPS) is 17.4. The van der Waals surface area contributed by atoms with Crippen LogP contribution in [0.4, 0.5) is 5.69 Å². The summed E-state index contributed by atoms with van der Waals surface area (Å²) in [6.07, 6.45) is 0.454. The number of carbonyl (C=O) groups is 1. The summed E-state index contributed by atoms with van der Waals surface area (Å²) in [5, 5.41) is 0. The van der Waals surface area contributed by atoms with Crippen molar-refractivity contribution in [2.45, 2.75) is 19.4 Å². The molecule has 0 saturated carbocycles. The standard InChI is InChI=1S/C16H24N2O3/c1-13(11-16(19)21-3)17-7-9-18(10-8-17)14-5-4-6-15(12-14)20-2/h4-6,12-13H,7-11H2,1-3H3. The summed E-state index contributed by atoms with van der Waals surface area (Å²) >= 11 is 0. The molecule has 1 unspecified atom stereocenters.